The first kappa shape index (κ1) is 13.4. The summed E-state index contributed by atoms with van der Waals surface area (Å²) >= 11 is 0. The summed E-state index contributed by atoms with van der Waals surface area (Å²) in [5.74, 6) is -1.08. The van der Waals surface area contributed by atoms with Crippen LogP contribution in [-0.4, -0.2) is 55.4 Å². The zero-order chi connectivity index (χ0) is 13.0. The molecule has 0 aromatic rings. The monoisotopic (exact) mass is 234 g/mol. The van der Waals surface area contributed by atoms with Crippen molar-refractivity contribution >= 4 is 5.97 Å². The molecule has 1 aliphatic rings. The minimum absolute atomic E-state index is 0.669. The van der Waals surface area contributed by atoms with Crippen molar-refractivity contribution in [2.45, 2.75) is 50.1 Å². The number of carbonyl (C=O) groups excluding carboxylic acids is 1. The van der Waals surface area contributed by atoms with Crippen LogP contribution >= 0.6 is 0 Å². The fourth-order valence-electron chi connectivity index (χ4n) is 1.78. The maximum atomic E-state index is 11.5. The quantitative estimate of drug-likeness (QED) is 0.413. The van der Waals surface area contributed by atoms with Crippen molar-refractivity contribution in [2.75, 3.05) is 6.61 Å². The molecule has 1 saturated heterocycles. The Morgan fingerprint density at radius 2 is 1.50 bits per heavy atom. The van der Waals surface area contributed by atoms with E-state index >= 15 is 0 Å². The van der Waals surface area contributed by atoms with Crippen molar-refractivity contribution < 1.29 is 30.0 Å². The Balaban J connectivity index is 3.38. The van der Waals surface area contributed by atoms with E-state index in [1.807, 2.05) is 0 Å². The average Bonchev–Trinajstić information content (AvgIpc) is 2.14. The van der Waals surface area contributed by atoms with Crippen molar-refractivity contribution in [3.63, 3.8) is 0 Å². The van der Waals surface area contributed by atoms with E-state index in [-0.39, 0.29) is 0 Å². The molecule has 4 atom stereocenters. The Morgan fingerprint density at radius 3 is 1.88 bits per heavy atom. The standard InChI is InChI=1S/C10H18O6/c1-7(5-11)9(3,14)10(4,15)8(2,13)6(12)16-7/h11,13-15H,5H2,1-4H3/t7?,8?,9-,10+/m1/s1. The van der Waals surface area contributed by atoms with Gasteiger partial charge in [-0.15, -0.1) is 0 Å². The first-order valence-electron chi connectivity index (χ1n) is 4.95. The van der Waals surface area contributed by atoms with Gasteiger partial charge in [0, 0.05) is 0 Å². The van der Waals surface area contributed by atoms with E-state index in [0.29, 0.717) is 0 Å². The number of carbonyl (C=O) groups is 1. The lowest BCUT2D eigenvalue weighted by Crippen LogP contribution is -2.80. The molecule has 16 heavy (non-hydrogen) atoms. The van der Waals surface area contributed by atoms with Gasteiger partial charge in [0.2, 0.25) is 0 Å². The molecule has 0 saturated carbocycles. The molecule has 1 fully saturated rings. The third kappa shape index (κ3) is 1.24. The molecule has 0 aromatic carbocycles. The second-order valence-electron chi connectivity index (χ2n) is 5.00. The van der Waals surface area contributed by atoms with E-state index in [1.54, 1.807) is 0 Å². The van der Waals surface area contributed by atoms with Gasteiger partial charge in [-0.05, 0) is 27.7 Å². The zero-order valence-electron chi connectivity index (χ0n) is 9.81. The number of hydrogen-bond donors (Lipinski definition) is 4. The van der Waals surface area contributed by atoms with E-state index in [4.69, 9.17) is 4.74 Å². The summed E-state index contributed by atoms with van der Waals surface area (Å²) in [4.78, 5) is 11.5. The van der Waals surface area contributed by atoms with Gasteiger partial charge in [0.25, 0.3) is 0 Å². The number of rotatable bonds is 1. The molecule has 1 heterocycles. The predicted molar refractivity (Wildman–Crippen MR) is 53.5 cm³/mol. The number of esters is 1. The highest BCUT2D eigenvalue weighted by molar-refractivity contribution is 5.82. The topological polar surface area (TPSA) is 107 Å². The molecule has 6 nitrogen and oxygen atoms in total. The first-order chi connectivity index (χ1) is 6.94. The van der Waals surface area contributed by atoms with Crippen LogP contribution in [-0.2, 0) is 9.53 Å². The second kappa shape index (κ2) is 3.16. The molecular formula is C10H18O6. The summed E-state index contributed by atoms with van der Waals surface area (Å²) in [6.45, 7) is 4.00. The van der Waals surface area contributed by atoms with Crippen LogP contribution in [0.15, 0.2) is 0 Å². The molecule has 6 heteroatoms. The van der Waals surface area contributed by atoms with Crippen molar-refractivity contribution in [2.24, 2.45) is 0 Å². The summed E-state index contributed by atoms with van der Waals surface area (Å²) in [7, 11) is 0. The van der Waals surface area contributed by atoms with Crippen LogP contribution < -0.4 is 0 Å². The lowest BCUT2D eigenvalue weighted by molar-refractivity contribution is -0.323. The summed E-state index contributed by atoms with van der Waals surface area (Å²) in [6, 6.07) is 0. The lowest BCUT2D eigenvalue weighted by atomic mass is 9.64. The minimum atomic E-state index is -2.24. The van der Waals surface area contributed by atoms with Gasteiger partial charge < -0.3 is 25.2 Å². The van der Waals surface area contributed by atoms with Crippen molar-refractivity contribution in [3.05, 3.63) is 0 Å². The molecule has 0 amide bonds. The number of ether oxygens (including phenoxy) is 1. The molecule has 2 unspecified atom stereocenters. The molecule has 94 valence electrons. The Kier molecular flexibility index (Phi) is 2.64. The molecular weight excluding hydrogens is 216 g/mol. The van der Waals surface area contributed by atoms with Crippen LogP contribution in [0.25, 0.3) is 0 Å². The fraction of sp³-hybridized carbons (Fsp3) is 0.900. The number of aliphatic hydroxyl groups excluding tert-OH is 1. The minimum Gasteiger partial charge on any atom is -0.452 e. The molecule has 0 aromatic heterocycles. The van der Waals surface area contributed by atoms with E-state index < -0.39 is 35.0 Å². The molecule has 1 rings (SSSR count). The van der Waals surface area contributed by atoms with Gasteiger partial charge in [-0.1, -0.05) is 0 Å². The highest BCUT2D eigenvalue weighted by atomic mass is 16.6. The number of hydrogen-bond acceptors (Lipinski definition) is 6. The van der Waals surface area contributed by atoms with Crippen LogP contribution in [0.5, 0.6) is 0 Å². The normalized spacial score (nSPS) is 53.6. The van der Waals surface area contributed by atoms with Gasteiger partial charge in [-0.25, -0.2) is 4.79 Å². The van der Waals surface area contributed by atoms with Gasteiger partial charge in [-0.2, -0.15) is 0 Å². The zero-order valence-corrected chi connectivity index (χ0v) is 9.81. The maximum absolute atomic E-state index is 11.5. The van der Waals surface area contributed by atoms with E-state index in [9.17, 15) is 25.2 Å². The van der Waals surface area contributed by atoms with Gasteiger partial charge in [0.05, 0.1) is 6.61 Å². The Bertz CT molecular complexity index is 319. The third-order valence-corrected chi connectivity index (χ3v) is 3.94. The number of aliphatic hydroxyl groups is 4. The molecule has 0 aliphatic carbocycles. The fourth-order valence-corrected chi connectivity index (χ4v) is 1.78. The van der Waals surface area contributed by atoms with E-state index in [1.165, 1.54) is 13.8 Å². The lowest BCUT2D eigenvalue weighted by Gasteiger charge is -2.57. The van der Waals surface area contributed by atoms with Gasteiger partial charge in [0.15, 0.2) is 11.2 Å². The van der Waals surface area contributed by atoms with Crippen molar-refractivity contribution in [1.29, 1.82) is 0 Å². The maximum Gasteiger partial charge on any atom is 0.341 e. The number of cyclic esters (lactones) is 1. The molecule has 0 bridgehead atoms. The Hall–Kier alpha value is -0.690. The van der Waals surface area contributed by atoms with Crippen molar-refractivity contribution in [3.8, 4) is 0 Å². The average molecular weight is 234 g/mol. The molecule has 1 aliphatic heterocycles. The van der Waals surface area contributed by atoms with Crippen LogP contribution in [0.2, 0.25) is 0 Å². The Labute approximate surface area is 93.5 Å². The second-order valence-corrected chi connectivity index (χ2v) is 5.00. The van der Waals surface area contributed by atoms with Gasteiger partial charge in [-0.3, -0.25) is 0 Å². The summed E-state index contributed by atoms with van der Waals surface area (Å²) in [6.07, 6.45) is 0. The van der Waals surface area contributed by atoms with Gasteiger partial charge >= 0.3 is 5.97 Å². The summed E-state index contributed by atoms with van der Waals surface area (Å²) in [5.41, 5.74) is -8.06. The van der Waals surface area contributed by atoms with Crippen LogP contribution in [0.1, 0.15) is 27.7 Å². The Morgan fingerprint density at radius 1 is 1.06 bits per heavy atom. The highest BCUT2D eigenvalue weighted by Crippen LogP contribution is 2.46. The molecule has 0 spiro atoms. The largest absolute Gasteiger partial charge is 0.452 e. The summed E-state index contributed by atoms with van der Waals surface area (Å²) < 4.78 is 4.84. The molecule has 4 N–H and O–H groups in total. The summed E-state index contributed by atoms with van der Waals surface area (Å²) in [5, 5.41) is 39.4. The predicted octanol–water partition coefficient (Wildman–Crippen LogP) is -1.45. The van der Waals surface area contributed by atoms with E-state index in [0.717, 1.165) is 13.8 Å². The third-order valence-electron chi connectivity index (χ3n) is 3.94. The highest BCUT2D eigenvalue weighted by Gasteiger charge is 2.71. The smallest absolute Gasteiger partial charge is 0.341 e. The first-order valence-corrected chi connectivity index (χ1v) is 4.95. The van der Waals surface area contributed by atoms with Crippen LogP contribution in [0.3, 0.4) is 0 Å². The van der Waals surface area contributed by atoms with Crippen molar-refractivity contribution in [1.82, 2.24) is 0 Å². The van der Waals surface area contributed by atoms with Crippen LogP contribution in [0.4, 0.5) is 0 Å². The SMILES string of the molecule is CC1(O)C(=O)OC(C)(CO)[C@@](C)(O)[C@@]1(C)O. The van der Waals surface area contributed by atoms with Gasteiger partial charge in [0.1, 0.15) is 11.2 Å². The van der Waals surface area contributed by atoms with E-state index in [2.05, 4.69) is 0 Å². The molecule has 0 radical (unpaired) electrons. The van der Waals surface area contributed by atoms with Crippen LogP contribution in [0, 0.1) is 0 Å².